The van der Waals surface area contributed by atoms with E-state index >= 15 is 0 Å². The molecule has 0 aliphatic carbocycles. The molecular weight excluding hydrogens is 390 g/mol. The Morgan fingerprint density at radius 3 is 2.81 bits per heavy atom. The lowest BCUT2D eigenvalue weighted by Gasteiger charge is -2.01. The topological polar surface area (TPSA) is 127 Å². The molecule has 0 saturated carbocycles. The van der Waals surface area contributed by atoms with Gasteiger partial charge in [-0.05, 0) is 17.9 Å². The van der Waals surface area contributed by atoms with Gasteiger partial charge in [0.05, 0.1) is 12.8 Å². The fourth-order valence-electron chi connectivity index (χ4n) is 1.99. The van der Waals surface area contributed by atoms with Crippen molar-refractivity contribution in [3.05, 3.63) is 30.3 Å². The molecule has 0 bridgehead atoms. The second-order valence-electron chi connectivity index (χ2n) is 4.87. The number of aromatic hydroxyl groups is 1. The summed E-state index contributed by atoms with van der Waals surface area (Å²) in [6, 6.07) is 8.90. The van der Waals surface area contributed by atoms with Crippen molar-refractivity contribution in [3.63, 3.8) is 0 Å². The van der Waals surface area contributed by atoms with Crippen LogP contribution in [0.4, 0.5) is 21.4 Å². The second kappa shape index (κ2) is 8.60. The van der Waals surface area contributed by atoms with Gasteiger partial charge in [0.1, 0.15) is 0 Å². The highest BCUT2D eigenvalue weighted by Crippen LogP contribution is 2.38. The first-order valence-corrected chi connectivity index (χ1v) is 9.53. The number of nitrogens with zero attached hydrogens (tertiary/aromatic N) is 6. The first kappa shape index (κ1) is 18.8. The summed E-state index contributed by atoms with van der Waals surface area (Å²) in [6.07, 6.45) is -0.748. The van der Waals surface area contributed by atoms with E-state index in [0.29, 0.717) is 10.8 Å². The Balaban J connectivity index is 1.97. The zero-order valence-electron chi connectivity index (χ0n) is 14.4. The summed E-state index contributed by atoms with van der Waals surface area (Å²) in [6.45, 7) is 2.01. The van der Waals surface area contributed by atoms with Crippen LogP contribution in [0, 0.1) is 0 Å². The van der Waals surface area contributed by atoms with Crippen LogP contribution >= 0.6 is 23.1 Å². The number of hydrogen-bond donors (Lipinski definition) is 2. The fraction of sp³-hybridized carbons (Fsp3) is 0.200. The van der Waals surface area contributed by atoms with Crippen molar-refractivity contribution in [2.75, 3.05) is 18.2 Å². The number of carbonyl (C=O) groups is 1. The molecule has 27 heavy (non-hydrogen) atoms. The van der Waals surface area contributed by atoms with Gasteiger partial charge in [0, 0.05) is 0 Å². The van der Waals surface area contributed by atoms with E-state index in [4.69, 9.17) is 0 Å². The van der Waals surface area contributed by atoms with Crippen molar-refractivity contribution in [2.45, 2.75) is 11.3 Å². The molecule has 0 spiro atoms. The minimum atomic E-state index is -0.748. The van der Waals surface area contributed by atoms with Gasteiger partial charge >= 0.3 is 6.09 Å². The molecule has 0 atom stereocenters. The number of amides is 1. The van der Waals surface area contributed by atoms with E-state index in [1.807, 2.05) is 13.0 Å². The smallest absolute Gasteiger partial charge is 0.412 e. The third kappa shape index (κ3) is 4.41. The van der Waals surface area contributed by atoms with Gasteiger partial charge in [0.2, 0.25) is 5.88 Å². The standard InChI is InChI=1S/C15H15N7O3S2/c1-3-26-15-20-19-13(27-15)18-17-10-11(16-14(24)25-2)21-22(12(10)23)9-7-5-4-6-8-9/h4-8,23H,3H2,1-2H3,(H,16,21,24)/b18-17+. The normalized spacial score (nSPS) is 11.0. The number of benzene rings is 1. The predicted octanol–water partition coefficient (Wildman–Crippen LogP) is 4.14. The van der Waals surface area contributed by atoms with Crippen molar-refractivity contribution >= 4 is 45.8 Å². The Morgan fingerprint density at radius 1 is 1.33 bits per heavy atom. The van der Waals surface area contributed by atoms with Gasteiger partial charge in [-0.3, -0.25) is 5.32 Å². The highest BCUT2D eigenvalue weighted by Gasteiger charge is 2.21. The molecule has 0 radical (unpaired) electrons. The van der Waals surface area contributed by atoms with Crippen molar-refractivity contribution in [1.29, 1.82) is 0 Å². The van der Waals surface area contributed by atoms with Gasteiger partial charge in [-0.25, -0.2) is 4.79 Å². The van der Waals surface area contributed by atoms with Gasteiger partial charge < -0.3 is 9.84 Å². The maximum Gasteiger partial charge on any atom is 0.412 e. The second-order valence-corrected chi connectivity index (χ2v) is 7.34. The molecule has 2 aromatic heterocycles. The number of para-hydroxylation sites is 1. The van der Waals surface area contributed by atoms with Gasteiger partial charge in [0.15, 0.2) is 15.8 Å². The molecule has 0 aliphatic heterocycles. The van der Waals surface area contributed by atoms with Crippen LogP contribution < -0.4 is 5.32 Å². The highest BCUT2D eigenvalue weighted by molar-refractivity contribution is 8.01. The van der Waals surface area contributed by atoms with Crippen LogP contribution in [0.25, 0.3) is 5.69 Å². The van der Waals surface area contributed by atoms with E-state index in [0.717, 1.165) is 10.1 Å². The summed E-state index contributed by atoms with van der Waals surface area (Å²) in [5, 5.41) is 33.3. The van der Waals surface area contributed by atoms with E-state index in [9.17, 15) is 9.90 Å². The Hall–Kier alpha value is -2.99. The molecule has 140 valence electrons. The lowest BCUT2D eigenvalue weighted by molar-refractivity contribution is 0.187. The van der Waals surface area contributed by atoms with E-state index in [1.165, 1.54) is 23.1 Å². The lowest BCUT2D eigenvalue weighted by Crippen LogP contribution is -2.11. The number of anilines is 1. The van der Waals surface area contributed by atoms with Crippen LogP contribution in [0.5, 0.6) is 5.88 Å². The minimum absolute atomic E-state index is 0.000347. The number of hydrogen-bond acceptors (Lipinski definition) is 10. The quantitative estimate of drug-likeness (QED) is 0.466. The molecule has 0 aliphatic rings. The van der Waals surface area contributed by atoms with Gasteiger partial charge in [-0.1, -0.05) is 48.2 Å². The number of azo groups is 1. The van der Waals surface area contributed by atoms with Gasteiger partial charge in [-0.2, -0.15) is 4.68 Å². The van der Waals surface area contributed by atoms with Crippen molar-refractivity contribution in [2.24, 2.45) is 10.2 Å². The third-order valence-electron chi connectivity index (χ3n) is 3.14. The van der Waals surface area contributed by atoms with Crippen LogP contribution in [0.1, 0.15) is 6.92 Å². The van der Waals surface area contributed by atoms with Crippen LogP contribution in [0.2, 0.25) is 0 Å². The molecule has 0 saturated heterocycles. The molecule has 0 unspecified atom stereocenters. The molecule has 10 nitrogen and oxygen atoms in total. The third-order valence-corrected chi connectivity index (χ3v) is 4.97. The maximum absolute atomic E-state index is 11.6. The Kier molecular flexibility index (Phi) is 5.98. The maximum atomic E-state index is 11.6. The van der Waals surface area contributed by atoms with Crippen LogP contribution in [-0.4, -0.2) is 44.0 Å². The van der Waals surface area contributed by atoms with Gasteiger partial charge in [-0.15, -0.1) is 25.5 Å². The molecule has 2 heterocycles. The summed E-state index contributed by atoms with van der Waals surface area (Å²) in [5.41, 5.74) is 0.561. The largest absolute Gasteiger partial charge is 0.492 e. The number of methoxy groups -OCH3 is 1. The summed E-state index contributed by atoms with van der Waals surface area (Å²) >= 11 is 2.81. The predicted molar refractivity (Wildman–Crippen MR) is 102 cm³/mol. The van der Waals surface area contributed by atoms with Crippen LogP contribution in [0.15, 0.2) is 44.9 Å². The van der Waals surface area contributed by atoms with E-state index in [1.54, 1.807) is 36.0 Å². The summed E-state index contributed by atoms with van der Waals surface area (Å²) in [5.74, 6) is 0.576. The molecule has 2 N–H and O–H groups in total. The molecule has 12 heteroatoms. The van der Waals surface area contributed by atoms with Crippen molar-refractivity contribution < 1.29 is 14.6 Å². The fourth-order valence-corrected chi connectivity index (χ4v) is 3.55. The average molecular weight is 405 g/mol. The first-order valence-electron chi connectivity index (χ1n) is 7.72. The van der Waals surface area contributed by atoms with Crippen LogP contribution in [0.3, 0.4) is 0 Å². The van der Waals surface area contributed by atoms with E-state index in [2.05, 4.69) is 35.6 Å². The SMILES string of the molecule is CCSc1nnc(/N=N/c2c(NC(=O)OC)nn(-c3ccccc3)c2O)s1. The van der Waals surface area contributed by atoms with E-state index in [-0.39, 0.29) is 17.4 Å². The minimum Gasteiger partial charge on any atom is -0.492 e. The Labute approximate surface area is 162 Å². The van der Waals surface area contributed by atoms with Crippen molar-refractivity contribution in [3.8, 4) is 11.6 Å². The molecule has 1 amide bonds. The number of aromatic nitrogens is 4. The van der Waals surface area contributed by atoms with Crippen LogP contribution in [-0.2, 0) is 4.74 Å². The Bertz CT molecular complexity index is 956. The van der Waals surface area contributed by atoms with Gasteiger partial charge in [0.25, 0.3) is 5.13 Å². The molecule has 3 aromatic rings. The molecule has 3 rings (SSSR count). The highest BCUT2D eigenvalue weighted by atomic mass is 32.2. The van der Waals surface area contributed by atoms with Crippen molar-refractivity contribution in [1.82, 2.24) is 20.0 Å². The molecular formula is C15H15N7O3S2. The summed E-state index contributed by atoms with van der Waals surface area (Å²) < 4.78 is 6.58. The first-order chi connectivity index (χ1) is 13.1. The number of carbonyl (C=O) groups excluding carboxylic acids is 1. The summed E-state index contributed by atoms with van der Waals surface area (Å²) in [7, 11) is 1.22. The molecule has 1 aromatic carbocycles. The average Bonchev–Trinajstić information content (AvgIpc) is 3.25. The number of ether oxygens (including phenoxy) is 1. The number of rotatable bonds is 6. The number of nitrogens with one attached hydrogen (secondary N) is 1. The molecule has 0 fully saturated rings. The van der Waals surface area contributed by atoms with E-state index < -0.39 is 6.09 Å². The zero-order chi connectivity index (χ0) is 19.2. The Morgan fingerprint density at radius 2 is 2.11 bits per heavy atom. The zero-order valence-corrected chi connectivity index (χ0v) is 16.0. The summed E-state index contributed by atoms with van der Waals surface area (Å²) in [4.78, 5) is 11.6. The monoisotopic (exact) mass is 405 g/mol. The number of thioether (sulfide) groups is 1. The lowest BCUT2D eigenvalue weighted by atomic mass is 10.3.